The molecule has 3 aromatic carbocycles. The minimum absolute atomic E-state index is 0.00982. The maximum absolute atomic E-state index is 11.8. The van der Waals surface area contributed by atoms with Crippen LogP contribution in [0.5, 0.6) is 0 Å². The summed E-state index contributed by atoms with van der Waals surface area (Å²) >= 11 is 0. The molecule has 1 heterocycles. The zero-order chi connectivity index (χ0) is 33.2. The number of esters is 1. The van der Waals surface area contributed by atoms with Crippen LogP contribution in [0.3, 0.4) is 0 Å². The summed E-state index contributed by atoms with van der Waals surface area (Å²) in [5, 5.41) is -0.0885. The monoisotopic (exact) mass is 646 g/mol. The normalized spacial score (nSPS) is 21.9. The van der Waals surface area contributed by atoms with Crippen LogP contribution >= 0.6 is 0 Å². The second kappa shape index (κ2) is 16.6. The Morgan fingerprint density at radius 2 is 1.24 bits per heavy atom. The van der Waals surface area contributed by atoms with E-state index in [0.29, 0.717) is 25.4 Å². The fraction of sp³-hybridized carbons (Fsp3) is 0.447. The first-order chi connectivity index (χ1) is 21.9. The number of carbonyl (C=O) groups is 1. The lowest BCUT2D eigenvalue weighted by molar-refractivity contribution is -0.251. The first-order valence-electron chi connectivity index (χ1n) is 16.0. The summed E-state index contributed by atoms with van der Waals surface area (Å²) < 4.78 is 39.2. The zero-order valence-electron chi connectivity index (χ0n) is 28.1. The van der Waals surface area contributed by atoms with Gasteiger partial charge >= 0.3 is 5.97 Å². The Balaban J connectivity index is 1.72. The molecule has 0 aliphatic carbocycles. The highest BCUT2D eigenvalue weighted by Gasteiger charge is 2.52. The van der Waals surface area contributed by atoms with Crippen molar-refractivity contribution in [2.75, 3.05) is 13.2 Å². The van der Waals surface area contributed by atoms with E-state index in [4.69, 9.17) is 28.1 Å². The second-order valence-corrected chi connectivity index (χ2v) is 18.2. The lowest BCUT2D eigenvalue weighted by Crippen LogP contribution is -2.64. The van der Waals surface area contributed by atoms with Crippen molar-refractivity contribution in [3.8, 4) is 0 Å². The van der Waals surface area contributed by atoms with Crippen molar-refractivity contribution in [1.82, 2.24) is 0 Å². The molecular weight excluding hydrogens is 596 g/mol. The molecule has 0 N–H and O–H groups in total. The molecule has 1 saturated heterocycles. The molecule has 1 aliphatic rings. The van der Waals surface area contributed by atoms with E-state index in [-0.39, 0.29) is 24.2 Å². The molecule has 0 aromatic heterocycles. The Morgan fingerprint density at radius 1 is 0.761 bits per heavy atom. The van der Waals surface area contributed by atoms with Crippen LogP contribution in [0.15, 0.2) is 103 Å². The van der Waals surface area contributed by atoms with Crippen molar-refractivity contribution in [3.05, 3.63) is 120 Å². The van der Waals surface area contributed by atoms with Crippen LogP contribution in [0, 0.1) is 0 Å². The van der Waals surface area contributed by atoms with E-state index < -0.39 is 38.8 Å². The van der Waals surface area contributed by atoms with Crippen LogP contribution in [-0.4, -0.2) is 58.0 Å². The van der Waals surface area contributed by atoms with Gasteiger partial charge in [-0.05, 0) is 40.4 Å². The van der Waals surface area contributed by atoms with E-state index >= 15 is 0 Å². The molecule has 0 amide bonds. The fourth-order valence-corrected chi connectivity index (χ4v) is 6.38. The molecule has 248 valence electrons. The molecule has 0 saturated carbocycles. The predicted molar refractivity (Wildman–Crippen MR) is 183 cm³/mol. The maximum Gasteiger partial charge on any atom is 0.302 e. The Morgan fingerprint density at radius 3 is 1.72 bits per heavy atom. The number of ether oxygens (including phenoxy) is 5. The van der Waals surface area contributed by atoms with Crippen molar-refractivity contribution >= 4 is 14.3 Å². The van der Waals surface area contributed by atoms with Gasteiger partial charge in [0, 0.05) is 6.92 Å². The number of rotatable bonds is 15. The SMILES string of the molecule is C=C(COC(C)=O)[C@@H]1O[C@H](COCc2ccccc2)[C@@H](OCc2ccccc2)[C@H](OCc2ccccc2)[C@H]1O[Si](C)(C)C(C)(C)C. The molecule has 0 spiro atoms. The summed E-state index contributed by atoms with van der Waals surface area (Å²) in [4.78, 5) is 11.8. The summed E-state index contributed by atoms with van der Waals surface area (Å²) in [6.07, 6.45) is -2.80. The van der Waals surface area contributed by atoms with Crippen molar-refractivity contribution in [1.29, 1.82) is 0 Å². The van der Waals surface area contributed by atoms with Gasteiger partial charge in [0.2, 0.25) is 0 Å². The minimum atomic E-state index is -2.38. The summed E-state index contributed by atoms with van der Waals surface area (Å²) in [5.74, 6) is -0.387. The van der Waals surface area contributed by atoms with Crippen molar-refractivity contribution in [2.24, 2.45) is 0 Å². The Kier molecular flexibility index (Phi) is 12.9. The van der Waals surface area contributed by atoms with Gasteiger partial charge in [0.1, 0.15) is 37.1 Å². The van der Waals surface area contributed by atoms with Gasteiger partial charge in [-0.25, -0.2) is 0 Å². The van der Waals surface area contributed by atoms with Gasteiger partial charge in [0.05, 0.1) is 26.4 Å². The van der Waals surface area contributed by atoms with Gasteiger partial charge in [-0.3, -0.25) is 4.79 Å². The lowest BCUT2D eigenvalue weighted by Gasteiger charge is -2.50. The standard InChI is InChI=1S/C38H50O7Si/c1-28(23-41-29(2)39)34-37(45-46(6,7)38(3,4)5)36(43-26-32-21-15-10-16-22-32)35(42-25-31-19-13-9-14-20-31)33(44-34)27-40-24-30-17-11-8-12-18-30/h8-22,33-37H,1,23-27H2,2-7H3/t33-,34+,35-,36+,37+/m1/s1. The molecule has 1 aliphatic heterocycles. The maximum atomic E-state index is 11.8. The quantitative estimate of drug-likeness (QED) is 0.0954. The summed E-state index contributed by atoms with van der Waals surface area (Å²) in [7, 11) is -2.38. The van der Waals surface area contributed by atoms with Crippen LogP contribution in [0.1, 0.15) is 44.4 Å². The molecule has 46 heavy (non-hydrogen) atoms. The molecule has 1 fully saturated rings. The van der Waals surface area contributed by atoms with Crippen molar-refractivity contribution < 1.29 is 32.9 Å². The molecule has 0 bridgehead atoms. The van der Waals surface area contributed by atoms with Gasteiger partial charge in [-0.1, -0.05) is 118 Å². The number of carbonyl (C=O) groups excluding carboxylic acids is 1. The van der Waals surface area contributed by atoms with E-state index in [1.807, 2.05) is 91.0 Å². The van der Waals surface area contributed by atoms with E-state index in [1.165, 1.54) is 6.92 Å². The topological polar surface area (TPSA) is 72.5 Å². The van der Waals surface area contributed by atoms with Crippen LogP contribution in [0.25, 0.3) is 0 Å². The van der Waals surface area contributed by atoms with Crippen molar-refractivity contribution in [2.45, 2.75) is 96.2 Å². The van der Waals surface area contributed by atoms with Gasteiger partial charge < -0.3 is 28.1 Å². The summed E-state index contributed by atoms with van der Waals surface area (Å²) in [6.45, 7) is 18.1. The second-order valence-electron chi connectivity index (χ2n) is 13.4. The van der Waals surface area contributed by atoms with Crippen LogP contribution < -0.4 is 0 Å². The summed E-state index contributed by atoms with van der Waals surface area (Å²) in [5.41, 5.74) is 3.74. The Hall–Kier alpha value is -3.11. The summed E-state index contributed by atoms with van der Waals surface area (Å²) in [6, 6.07) is 30.2. The molecule has 0 unspecified atom stereocenters. The molecule has 0 radical (unpaired) electrons. The average molecular weight is 647 g/mol. The van der Waals surface area contributed by atoms with E-state index in [1.54, 1.807) is 0 Å². The fourth-order valence-electron chi connectivity index (χ4n) is 5.09. The third kappa shape index (κ3) is 10.2. The molecular formula is C38H50O7Si. The zero-order valence-corrected chi connectivity index (χ0v) is 29.1. The van der Waals surface area contributed by atoms with E-state index in [0.717, 1.165) is 16.7 Å². The number of hydrogen-bond acceptors (Lipinski definition) is 7. The van der Waals surface area contributed by atoms with Crippen LogP contribution in [-0.2, 0) is 52.7 Å². The molecule has 3 aromatic rings. The smallest absolute Gasteiger partial charge is 0.302 e. The molecule has 8 heteroatoms. The first-order valence-corrected chi connectivity index (χ1v) is 18.9. The highest BCUT2D eigenvalue weighted by Crippen LogP contribution is 2.41. The highest BCUT2D eigenvalue weighted by atomic mass is 28.4. The molecule has 7 nitrogen and oxygen atoms in total. The van der Waals surface area contributed by atoms with Crippen molar-refractivity contribution in [3.63, 3.8) is 0 Å². The Labute approximate surface area is 275 Å². The van der Waals surface area contributed by atoms with Gasteiger partial charge in [0.15, 0.2) is 8.32 Å². The van der Waals surface area contributed by atoms with Crippen LogP contribution in [0.2, 0.25) is 18.1 Å². The first kappa shape index (κ1) is 35.7. The van der Waals surface area contributed by atoms with Crippen LogP contribution in [0.4, 0.5) is 0 Å². The third-order valence-electron chi connectivity index (χ3n) is 8.70. The lowest BCUT2D eigenvalue weighted by atomic mass is 9.91. The van der Waals surface area contributed by atoms with Gasteiger partial charge in [-0.2, -0.15) is 0 Å². The van der Waals surface area contributed by atoms with Gasteiger partial charge in [-0.15, -0.1) is 0 Å². The van der Waals surface area contributed by atoms with Gasteiger partial charge in [0.25, 0.3) is 0 Å². The van der Waals surface area contributed by atoms with E-state index in [2.05, 4.69) is 40.4 Å². The van der Waals surface area contributed by atoms with E-state index in [9.17, 15) is 4.79 Å². The Bertz CT molecular complexity index is 1360. The minimum Gasteiger partial charge on any atom is -0.461 e. The average Bonchev–Trinajstić information content (AvgIpc) is 3.03. The predicted octanol–water partition coefficient (Wildman–Crippen LogP) is 7.65. The largest absolute Gasteiger partial charge is 0.461 e. The highest BCUT2D eigenvalue weighted by molar-refractivity contribution is 6.74. The number of hydrogen-bond donors (Lipinski definition) is 0. The molecule has 4 rings (SSSR count). The molecule has 5 atom stereocenters. The third-order valence-corrected chi connectivity index (χ3v) is 13.2. The number of benzene rings is 3.